The Labute approximate surface area is 164 Å². The summed E-state index contributed by atoms with van der Waals surface area (Å²) >= 11 is 5.02. The largest absolute Gasteiger partial charge is 0.483 e. The van der Waals surface area contributed by atoms with Crippen molar-refractivity contribution in [2.24, 2.45) is 0 Å². The molecule has 1 aromatic heterocycles. The number of rotatable bonds is 8. The van der Waals surface area contributed by atoms with Gasteiger partial charge in [0.25, 0.3) is 0 Å². The summed E-state index contributed by atoms with van der Waals surface area (Å²) in [5.41, 5.74) is 1.19. The Bertz CT molecular complexity index is 883. The van der Waals surface area contributed by atoms with Crippen LogP contribution < -0.4 is 4.74 Å². The molecule has 2 aromatic carbocycles. The molecule has 0 atom stereocenters. The van der Waals surface area contributed by atoms with Gasteiger partial charge in [0, 0.05) is 16.8 Å². The molecule has 0 aliphatic carbocycles. The quantitative estimate of drug-likeness (QED) is 0.359. The molecule has 4 nitrogen and oxygen atoms in total. The van der Waals surface area contributed by atoms with Gasteiger partial charge in [0.15, 0.2) is 22.5 Å². The van der Waals surface area contributed by atoms with Crippen molar-refractivity contribution < 1.29 is 9.13 Å². The Morgan fingerprint density at radius 1 is 1.15 bits per heavy atom. The molecule has 0 aliphatic heterocycles. The topological polar surface area (TPSA) is 39.9 Å². The van der Waals surface area contributed by atoms with Crippen LogP contribution >= 0.6 is 27.7 Å². The van der Waals surface area contributed by atoms with Gasteiger partial charge in [0.05, 0.1) is 0 Å². The molecule has 26 heavy (non-hydrogen) atoms. The minimum Gasteiger partial charge on any atom is -0.483 e. The predicted octanol–water partition coefficient (Wildman–Crippen LogP) is 5.24. The van der Waals surface area contributed by atoms with E-state index in [1.165, 1.54) is 11.6 Å². The normalized spacial score (nSPS) is 10.7. The molecule has 0 bridgehead atoms. The first-order chi connectivity index (χ1) is 12.7. The van der Waals surface area contributed by atoms with Crippen molar-refractivity contribution in [1.29, 1.82) is 0 Å². The lowest BCUT2D eigenvalue weighted by molar-refractivity contribution is 0.275. The van der Waals surface area contributed by atoms with Gasteiger partial charge in [-0.1, -0.05) is 58.0 Å². The van der Waals surface area contributed by atoms with Gasteiger partial charge >= 0.3 is 0 Å². The van der Waals surface area contributed by atoms with Crippen LogP contribution in [-0.4, -0.2) is 14.8 Å². The molecule has 134 valence electrons. The van der Waals surface area contributed by atoms with Crippen molar-refractivity contribution in [3.63, 3.8) is 0 Å². The molecule has 0 N–H and O–H groups in total. The summed E-state index contributed by atoms with van der Waals surface area (Å²) in [5.74, 6) is 1.21. The van der Waals surface area contributed by atoms with Gasteiger partial charge in [-0.25, -0.2) is 4.39 Å². The molecule has 0 amide bonds. The van der Waals surface area contributed by atoms with E-state index in [2.05, 4.69) is 44.8 Å². The third-order valence-corrected chi connectivity index (χ3v) is 5.15. The summed E-state index contributed by atoms with van der Waals surface area (Å²) in [6.07, 6.45) is 1.78. The summed E-state index contributed by atoms with van der Waals surface area (Å²) in [4.78, 5) is 0. The average molecular weight is 434 g/mol. The number of hydrogen-bond acceptors (Lipinski definition) is 4. The van der Waals surface area contributed by atoms with Crippen molar-refractivity contribution in [3.05, 3.63) is 82.9 Å². The lowest BCUT2D eigenvalue weighted by Crippen LogP contribution is -2.08. The molecule has 7 heteroatoms. The standard InChI is InChI=1S/C19H17BrFN3OS/c1-2-11-24-18(12-25-17-6-4-3-5-16(17)21)22-23-19(24)26-13-14-7-9-15(20)10-8-14/h2-10H,1,11-13H2. The lowest BCUT2D eigenvalue weighted by Gasteiger charge is -2.09. The van der Waals surface area contributed by atoms with Crippen LogP contribution in [0.15, 0.2) is 70.8 Å². The van der Waals surface area contributed by atoms with Crippen LogP contribution in [0.5, 0.6) is 5.75 Å². The zero-order valence-electron chi connectivity index (χ0n) is 13.9. The molecule has 0 spiro atoms. The first kappa shape index (κ1) is 18.7. The SMILES string of the molecule is C=CCn1c(COc2ccccc2F)nnc1SCc1ccc(Br)cc1. The van der Waals surface area contributed by atoms with Crippen LogP contribution in [0, 0.1) is 5.82 Å². The predicted molar refractivity (Wildman–Crippen MR) is 105 cm³/mol. The Morgan fingerprint density at radius 2 is 1.92 bits per heavy atom. The number of benzene rings is 2. The van der Waals surface area contributed by atoms with E-state index in [0.29, 0.717) is 12.4 Å². The minimum absolute atomic E-state index is 0.140. The van der Waals surface area contributed by atoms with Crippen molar-refractivity contribution >= 4 is 27.7 Å². The molecule has 3 aromatic rings. The number of thioether (sulfide) groups is 1. The van der Waals surface area contributed by atoms with E-state index in [1.807, 2.05) is 16.7 Å². The van der Waals surface area contributed by atoms with Crippen LogP contribution in [0.1, 0.15) is 11.4 Å². The van der Waals surface area contributed by atoms with E-state index in [4.69, 9.17) is 4.74 Å². The van der Waals surface area contributed by atoms with Gasteiger partial charge in [-0.05, 0) is 29.8 Å². The maximum absolute atomic E-state index is 13.7. The van der Waals surface area contributed by atoms with Gasteiger partial charge in [-0.3, -0.25) is 4.57 Å². The highest BCUT2D eigenvalue weighted by atomic mass is 79.9. The number of allylic oxidation sites excluding steroid dienone is 1. The fraction of sp³-hybridized carbons (Fsp3) is 0.158. The second-order valence-electron chi connectivity index (χ2n) is 5.43. The van der Waals surface area contributed by atoms with E-state index in [0.717, 1.165) is 15.4 Å². The van der Waals surface area contributed by atoms with Crippen molar-refractivity contribution in [3.8, 4) is 5.75 Å². The minimum atomic E-state index is -0.396. The summed E-state index contributed by atoms with van der Waals surface area (Å²) in [7, 11) is 0. The Hall–Kier alpha value is -2.12. The summed E-state index contributed by atoms with van der Waals surface area (Å²) in [6, 6.07) is 14.5. The molecule has 1 heterocycles. The Balaban J connectivity index is 1.70. The third-order valence-electron chi connectivity index (χ3n) is 3.58. The summed E-state index contributed by atoms with van der Waals surface area (Å²) in [5, 5.41) is 9.22. The van der Waals surface area contributed by atoms with Gasteiger partial charge < -0.3 is 4.74 Å². The van der Waals surface area contributed by atoms with Crippen LogP contribution in [0.25, 0.3) is 0 Å². The molecule has 0 aliphatic rings. The van der Waals surface area contributed by atoms with Crippen LogP contribution in [0.3, 0.4) is 0 Å². The number of ether oxygens (including phenoxy) is 1. The van der Waals surface area contributed by atoms with E-state index in [9.17, 15) is 4.39 Å². The average Bonchev–Trinajstić information content (AvgIpc) is 3.03. The second kappa shape index (κ2) is 9.00. The van der Waals surface area contributed by atoms with Crippen molar-refractivity contribution in [2.45, 2.75) is 24.1 Å². The van der Waals surface area contributed by atoms with Gasteiger partial charge in [-0.15, -0.1) is 16.8 Å². The maximum atomic E-state index is 13.7. The van der Waals surface area contributed by atoms with Crippen molar-refractivity contribution in [2.75, 3.05) is 0 Å². The maximum Gasteiger partial charge on any atom is 0.191 e. The van der Waals surface area contributed by atoms with E-state index >= 15 is 0 Å². The molecular formula is C19H17BrFN3OS. The second-order valence-corrected chi connectivity index (χ2v) is 7.29. The third kappa shape index (κ3) is 4.74. The summed E-state index contributed by atoms with van der Waals surface area (Å²) in [6.45, 7) is 4.49. The van der Waals surface area contributed by atoms with E-state index in [1.54, 1.807) is 36.0 Å². The van der Waals surface area contributed by atoms with Crippen LogP contribution in [-0.2, 0) is 18.9 Å². The van der Waals surface area contributed by atoms with Gasteiger partial charge in [-0.2, -0.15) is 0 Å². The van der Waals surface area contributed by atoms with Gasteiger partial charge in [0.1, 0.15) is 6.61 Å². The highest BCUT2D eigenvalue weighted by molar-refractivity contribution is 9.10. The Morgan fingerprint density at radius 3 is 2.65 bits per heavy atom. The molecule has 0 unspecified atom stereocenters. The van der Waals surface area contributed by atoms with E-state index in [-0.39, 0.29) is 12.4 Å². The number of hydrogen-bond donors (Lipinski definition) is 0. The molecule has 0 fully saturated rings. The molecule has 0 saturated carbocycles. The number of para-hydroxylation sites is 1. The molecule has 3 rings (SSSR count). The van der Waals surface area contributed by atoms with Gasteiger partial charge in [0.2, 0.25) is 0 Å². The fourth-order valence-electron chi connectivity index (χ4n) is 2.28. The highest BCUT2D eigenvalue weighted by Crippen LogP contribution is 2.24. The van der Waals surface area contributed by atoms with Crippen LogP contribution in [0.4, 0.5) is 4.39 Å². The fourth-order valence-corrected chi connectivity index (χ4v) is 3.46. The first-order valence-corrected chi connectivity index (χ1v) is 9.73. The Kier molecular flexibility index (Phi) is 6.46. The zero-order valence-corrected chi connectivity index (χ0v) is 16.3. The molecule has 0 saturated heterocycles. The monoisotopic (exact) mass is 433 g/mol. The van der Waals surface area contributed by atoms with E-state index < -0.39 is 5.82 Å². The highest BCUT2D eigenvalue weighted by Gasteiger charge is 2.13. The number of aromatic nitrogens is 3. The number of halogens is 2. The lowest BCUT2D eigenvalue weighted by atomic mass is 10.2. The number of nitrogens with zero attached hydrogens (tertiary/aromatic N) is 3. The summed E-state index contributed by atoms with van der Waals surface area (Å²) < 4.78 is 22.2. The molecular weight excluding hydrogens is 417 g/mol. The van der Waals surface area contributed by atoms with Crippen LogP contribution in [0.2, 0.25) is 0 Å². The molecule has 0 radical (unpaired) electrons. The van der Waals surface area contributed by atoms with Crippen molar-refractivity contribution in [1.82, 2.24) is 14.8 Å². The zero-order chi connectivity index (χ0) is 18.4. The first-order valence-electron chi connectivity index (χ1n) is 7.95. The smallest absolute Gasteiger partial charge is 0.191 e.